The van der Waals surface area contributed by atoms with Crippen LogP contribution in [0.2, 0.25) is 0 Å². The van der Waals surface area contributed by atoms with Crippen LogP contribution in [0.1, 0.15) is 54.9 Å². The number of carboxylic acids is 1. The normalized spacial score (nSPS) is 11.2. The maximum atomic E-state index is 12.1. The van der Waals surface area contributed by atoms with Crippen molar-refractivity contribution >= 4 is 29.0 Å². The third-order valence-electron chi connectivity index (χ3n) is 5.97. The number of fused-ring (bicyclic) bond motifs is 1. The van der Waals surface area contributed by atoms with E-state index in [4.69, 9.17) is 18.6 Å². The molecule has 0 atom stereocenters. The number of carbonyl (C=O) groups excluding carboxylic acids is 2. The van der Waals surface area contributed by atoms with E-state index in [1.54, 1.807) is 33.8 Å². The average Bonchev–Trinajstić information content (AvgIpc) is 3.35. The number of esters is 1. The smallest absolute Gasteiger partial charge is 0.407 e. The van der Waals surface area contributed by atoms with E-state index in [9.17, 15) is 19.5 Å². The molecule has 0 saturated heterocycles. The van der Waals surface area contributed by atoms with E-state index in [-0.39, 0.29) is 31.3 Å². The summed E-state index contributed by atoms with van der Waals surface area (Å²) in [6.07, 6.45) is -0.438. The first-order valence-electron chi connectivity index (χ1n) is 13.2. The first-order valence-corrected chi connectivity index (χ1v) is 13.2. The molecule has 0 fully saturated rings. The molecule has 9 heteroatoms. The zero-order valence-corrected chi connectivity index (χ0v) is 23.5. The van der Waals surface area contributed by atoms with Gasteiger partial charge in [-0.2, -0.15) is 0 Å². The van der Waals surface area contributed by atoms with E-state index < -0.39 is 17.7 Å². The fourth-order valence-corrected chi connectivity index (χ4v) is 4.27. The van der Waals surface area contributed by atoms with Crippen LogP contribution in [-0.4, -0.2) is 35.3 Å². The van der Waals surface area contributed by atoms with Gasteiger partial charge < -0.3 is 29.1 Å². The standard InChI is InChI=1S/C32H33NO8/c1-5-38-28(34)17-23-10-6-7-12-26(23)39-19-21-14-24-16-27(30(35)36)40-29(24)25(15-21)22-11-8-9-20(13-22)18-33-31(37)41-32(2,3)4/h6-16H,5,17-19H2,1-4H3,(H,33,37)(H,35,36). The van der Waals surface area contributed by atoms with Crippen LogP contribution in [0.4, 0.5) is 4.79 Å². The second kappa shape index (κ2) is 12.6. The van der Waals surface area contributed by atoms with Crippen LogP contribution >= 0.6 is 0 Å². The largest absolute Gasteiger partial charge is 0.489 e. The van der Waals surface area contributed by atoms with Crippen LogP contribution in [-0.2, 0) is 33.8 Å². The Morgan fingerprint density at radius 1 is 0.951 bits per heavy atom. The third-order valence-corrected chi connectivity index (χ3v) is 5.97. The maximum Gasteiger partial charge on any atom is 0.407 e. The summed E-state index contributed by atoms with van der Waals surface area (Å²) in [5.74, 6) is -1.14. The molecule has 0 unspecified atom stereocenters. The Morgan fingerprint density at radius 2 is 1.73 bits per heavy atom. The van der Waals surface area contributed by atoms with Crippen molar-refractivity contribution in [1.82, 2.24) is 5.32 Å². The number of hydrogen-bond acceptors (Lipinski definition) is 7. The van der Waals surface area contributed by atoms with Crippen LogP contribution in [0.3, 0.4) is 0 Å². The highest BCUT2D eigenvalue weighted by atomic mass is 16.6. The summed E-state index contributed by atoms with van der Waals surface area (Å²) in [4.78, 5) is 35.9. The van der Waals surface area contributed by atoms with Crippen molar-refractivity contribution in [2.24, 2.45) is 0 Å². The van der Waals surface area contributed by atoms with Crippen molar-refractivity contribution < 1.29 is 38.1 Å². The van der Waals surface area contributed by atoms with E-state index in [2.05, 4.69) is 5.32 Å². The molecule has 1 aromatic heterocycles. The fourth-order valence-electron chi connectivity index (χ4n) is 4.27. The van der Waals surface area contributed by atoms with Crippen molar-refractivity contribution in [1.29, 1.82) is 0 Å². The number of amides is 1. The topological polar surface area (TPSA) is 124 Å². The molecule has 214 valence electrons. The number of benzene rings is 3. The number of ether oxygens (including phenoxy) is 3. The van der Waals surface area contributed by atoms with E-state index in [1.807, 2.05) is 54.6 Å². The summed E-state index contributed by atoms with van der Waals surface area (Å²) in [5, 5.41) is 12.9. The summed E-state index contributed by atoms with van der Waals surface area (Å²) < 4.78 is 22.2. The van der Waals surface area contributed by atoms with E-state index in [1.165, 1.54) is 6.07 Å². The summed E-state index contributed by atoms with van der Waals surface area (Å²) in [6.45, 7) is 7.84. The summed E-state index contributed by atoms with van der Waals surface area (Å²) in [7, 11) is 0. The predicted molar refractivity (Wildman–Crippen MR) is 153 cm³/mol. The monoisotopic (exact) mass is 559 g/mol. The summed E-state index contributed by atoms with van der Waals surface area (Å²) in [5.41, 5.74) is 3.55. The Labute approximate surface area is 238 Å². The molecule has 0 saturated carbocycles. The van der Waals surface area contributed by atoms with Gasteiger partial charge in [0.25, 0.3) is 0 Å². The highest BCUT2D eigenvalue weighted by Gasteiger charge is 2.18. The second-order valence-corrected chi connectivity index (χ2v) is 10.4. The second-order valence-electron chi connectivity index (χ2n) is 10.4. The molecule has 0 aliphatic heterocycles. The molecule has 9 nitrogen and oxygen atoms in total. The molecule has 0 aliphatic rings. The molecule has 4 aromatic rings. The minimum Gasteiger partial charge on any atom is -0.489 e. The van der Waals surface area contributed by atoms with Crippen LogP contribution in [0, 0.1) is 0 Å². The minimum atomic E-state index is -1.17. The lowest BCUT2D eigenvalue weighted by molar-refractivity contribution is -0.142. The first-order chi connectivity index (χ1) is 19.5. The number of nitrogens with one attached hydrogen (secondary N) is 1. The van der Waals surface area contributed by atoms with Gasteiger partial charge in [0.2, 0.25) is 5.76 Å². The molecule has 0 aliphatic carbocycles. The molecule has 41 heavy (non-hydrogen) atoms. The van der Waals surface area contributed by atoms with Gasteiger partial charge in [0, 0.05) is 23.1 Å². The number of hydrogen-bond donors (Lipinski definition) is 2. The number of alkyl carbamates (subject to hydrolysis) is 1. The number of carboxylic acid groups (broad SMARTS) is 1. The Morgan fingerprint density at radius 3 is 2.46 bits per heavy atom. The zero-order valence-electron chi connectivity index (χ0n) is 23.5. The van der Waals surface area contributed by atoms with Gasteiger partial charge in [-0.1, -0.05) is 36.4 Å². The molecule has 1 amide bonds. The fraction of sp³-hybridized carbons (Fsp3) is 0.281. The van der Waals surface area contributed by atoms with Crippen LogP contribution in [0.15, 0.2) is 71.1 Å². The lowest BCUT2D eigenvalue weighted by atomic mass is 9.99. The molecule has 3 aromatic carbocycles. The van der Waals surface area contributed by atoms with Crippen molar-refractivity contribution in [2.45, 2.75) is 52.9 Å². The maximum absolute atomic E-state index is 12.1. The summed E-state index contributed by atoms with van der Waals surface area (Å²) in [6, 6.07) is 19.9. The van der Waals surface area contributed by atoms with Crippen molar-refractivity contribution in [3.63, 3.8) is 0 Å². The highest BCUT2D eigenvalue weighted by Crippen LogP contribution is 2.34. The van der Waals surface area contributed by atoms with Crippen LogP contribution in [0.5, 0.6) is 5.75 Å². The van der Waals surface area contributed by atoms with Gasteiger partial charge in [0.15, 0.2) is 0 Å². The first kappa shape index (κ1) is 29.2. The van der Waals surface area contributed by atoms with Gasteiger partial charge in [-0.05, 0) is 74.7 Å². The number of para-hydroxylation sites is 1. The lowest BCUT2D eigenvalue weighted by Crippen LogP contribution is -2.32. The molecule has 4 rings (SSSR count). The lowest BCUT2D eigenvalue weighted by Gasteiger charge is -2.19. The Hall–Kier alpha value is -4.79. The van der Waals surface area contributed by atoms with Gasteiger partial charge in [-0.25, -0.2) is 9.59 Å². The molecule has 0 spiro atoms. The molecule has 2 N–H and O–H groups in total. The highest BCUT2D eigenvalue weighted by molar-refractivity contribution is 5.98. The quantitative estimate of drug-likeness (QED) is 0.211. The van der Waals surface area contributed by atoms with Crippen molar-refractivity contribution in [3.8, 4) is 16.9 Å². The average molecular weight is 560 g/mol. The predicted octanol–water partition coefficient (Wildman–Crippen LogP) is 6.51. The van der Waals surface area contributed by atoms with Gasteiger partial charge >= 0.3 is 18.0 Å². The Kier molecular flexibility index (Phi) is 8.97. The molecular formula is C32H33NO8. The zero-order chi connectivity index (χ0) is 29.6. The van der Waals surface area contributed by atoms with Gasteiger partial charge in [-0.15, -0.1) is 0 Å². The number of rotatable bonds is 10. The summed E-state index contributed by atoms with van der Waals surface area (Å²) >= 11 is 0. The van der Waals surface area contributed by atoms with Crippen LogP contribution in [0.25, 0.3) is 22.1 Å². The van der Waals surface area contributed by atoms with E-state index in [0.717, 1.165) is 16.7 Å². The minimum absolute atomic E-state index is 0.0854. The van der Waals surface area contributed by atoms with E-state index >= 15 is 0 Å². The van der Waals surface area contributed by atoms with E-state index in [0.29, 0.717) is 34.5 Å². The van der Waals surface area contributed by atoms with Crippen LogP contribution < -0.4 is 10.1 Å². The number of aromatic carboxylic acids is 1. The van der Waals surface area contributed by atoms with Gasteiger partial charge in [-0.3, -0.25) is 4.79 Å². The number of furan rings is 1. The molecule has 0 bridgehead atoms. The number of carbonyl (C=O) groups is 3. The van der Waals surface area contributed by atoms with Gasteiger partial charge in [0.05, 0.1) is 13.0 Å². The molecular weight excluding hydrogens is 526 g/mol. The Balaban J connectivity index is 1.62. The van der Waals surface area contributed by atoms with Crippen molar-refractivity contribution in [3.05, 3.63) is 89.2 Å². The van der Waals surface area contributed by atoms with Gasteiger partial charge in [0.1, 0.15) is 23.5 Å². The SMILES string of the molecule is CCOC(=O)Cc1ccccc1OCc1cc(-c2cccc(CNC(=O)OC(C)(C)C)c2)c2oc(C(=O)O)cc2c1. The molecule has 1 heterocycles. The van der Waals surface area contributed by atoms with Crippen molar-refractivity contribution in [2.75, 3.05) is 6.61 Å². The molecule has 0 radical (unpaired) electrons. The third kappa shape index (κ3) is 7.88. The Bertz CT molecular complexity index is 1560.